The molecule has 110 valence electrons. The van der Waals surface area contributed by atoms with Crippen LogP contribution >= 0.6 is 11.3 Å². The zero-order valence-corrected chi connectivity index (χ0v) is 13.0. The van der Waals surface area contributed by atoms with E-state index >= 15 is 0 Å². The lowest BCUT2D eigenvalue weighted by Gasteiger charge is -2.06. The first kappa shape index (κ1) is 15.1. The van der Waals surface area contributed by atoms with Gasteiger partial charge < -0.3 is 5.32 Å². The molecule has 0 aliphatic rings. The van der Waals surface area contributed by atoms with Gasteiger partial charge in [0.25, 0.3) is 0 Å². The molecule has 0 saturated heterocycles. The molecule has 7 nitrogen and oxygen atoms in total. The highest BCUT2D eigenvalue weighted by Gasteiger charge is 2.19. The first-order valence-electron chi connectivity index (χ1n) is 6.14. The third-order valence-electron chi connectivity index (χ3n) is 2.60. The van der Waals surface area contributed by atoms with E-state index in [0.717, 1.165) is 11.4 Å². The topological polar surface area (TPSA) is 88.9 Å². The van der Waals surface area contributed by atoms with Crippen LogP contribution in [0.2, 0.25) is 0 Å². The molecule has 2 aromatic rings. The van der Waals surface area contributed by atoms with Crippen LogP contribution in [0.5, 0.6) is 0 Å². The lowest BCUT2D eigenvalue weighted by Crippen LogP contribution is -2.25. The van der Waals surface area contributed by atoms with Gasteiger partial charge in [-0.25, -0.2) is 18.1 Å². The minimum Gasteiger partial charge on any atom is -0.312 e. The molecular weight excluding hydrogens is 298 g/mol. The van der Waals surface area contributed by atoms with Gasteiger partial charge in [-0.1, -0.05) is 6.92 Å². The summed E-state index contributed by atoms with van der Waals surface area (Å²) in [4.78, 5) is 5.11. The number of sulfonamides is 1. The van der Waals surface area contributed by atoms with Crippen LogP contribution in [-0.4, -0.2) is 29.7 Å². The molecule has 0 unspecified atom stereocenters. The second-order valence-corrected chi connectivity index (χ2v) is 6.88. The second kappa shape index (κ2) is 6.44. The van der Waals surface area contributed by atoms with Crippen molar-refractivity contribution in [3.05, 3.63) is 28.5 Å². The van der Waals surface area contributed by atoms with Gasteiger partial charge in [0.2, 0.25) is 10.0 Å². The van der Waals surface area contributed by atoms with Crippen molar-refractivity contribution < 1.29 is 8.42 Å². The number of aromatic nitrogens is 3. The lowest BCUT2D eigenvalue weighted by atomic mass is 10.4. The van der Waals surface area contributed by atoms with Gasteiger partial charge >= 0.3 is 0 Å². The average molecular weight is 315 g/mol. The summed E-state index contributed by atoms with van der Waals surface area (Å²) in [5, 5.41) is 8.94. The number of nitrogens with one attached hydrogen (secondary N) is 2. The van der Waals surface area contributed by atoms with Crippen LogP contribution < -0.4 is 10.0 Å². The summed E-state index contributed by atoms with van der Waals surface area (Å²) in [5.74, 6) is 0.444. The molecule has 20 heavy (non-hydrogen) atoms. The molecule has 0 aliphatic heterocycles. The Balaban J connectivity index is 2.08. The molecule has 0 saturated carbocycles. The monoisotopic (exact) mass is 315 g/mol. The molecule has 0 spiro atoms. The molecule has 0 atom stereocenters. The highest BCUT2D eigenvalue weighted by molar-refractivity contribution is 7.89. The molecule has 0 fully saturated rings. The first-order valence-corrected chi connectivity index (χ1v) is 8.50. The summed E-state index contributed by atoms with van der Waals surface area (Å²) in [6.45, 7) is 3.40. The molecule has 0 bridgehead atoms. The number of nitrogens with zero attached hydrogens (tertiary/aromatic N) is 3. The van der Waals surface area contributed by atoms with Gasteiger partial charge in [0.1, 0.15) is 6.33 Å². The van der Waals surface area contributed by atoms with E-state index in [-0.39, 0.29) is 6.54 Å². The highest BCUT2D eigenvalue weighted by atomic mass is 32.2. The van der Waals surface area contributed by atoms with E-state index in [4.69, 9.17) is 0 Å². The fraction of sp³-hybridized carbons (Fsp3) is 0.455. The van der Waals surface area contributed by atoms with Crippen molar-refractivity contribution in [1.82, 2.24) is 24.8 Å². The normalized spacial score (nSPS) is 11.9. The summed E-state index contributed by atoms with van der Waals surface area (Å²) in [7, 11) is -1.80. The van der Waals surface area contributed by atoms with Crippen LogP contribution in [0.3, 0.4) is 0 Å². The predicted octanol–water partition coefficient (Wildman–Crippen LogP) is 0.465. The highest BCUT2D eigenvalue weighted by Crippen LogP contribution is 2.21. The van der Waals surface area contributed by atoms with E-state index < -0.39 is 10.0 Å². The van der Waals surface area contributed by atoms with Crippen LogP contribution in [0.25, 0.3) is 0 Å². The molecule has 0 aromatic carbocycles. The maximum absolute atomic E-state index is 12.3. The van der Waals surface area contributed by atoms with Crippen LogP contribution in [0, 0.1) is 0 Å². The summed E-state index contributed by atoms with van der Waals surface area (Å²) < 4.78 is 28.6. The Kier molecular flexibility index (Phi) is 4.86. The number of rotatable bonds is 7. The van der Waals surface area contributed by atoms with Crippen molar-refractivity contribution in [2.24, 2.45) is 7.05 Å². The number of thiophene rings is 1. The Hall–Kier alpha value is -1.29. The van der Waals surface area contributed by atoms with Gasteiger partial charge in [0.15, 0.2) is 5.82 Å². The Morgan fingerprint density at radius 1 is 1.40 bits per heavy atom. The van der Waals surface area contributed by atoms with Gasteiger partial charge in [0, 0.05) is 18.5 Å². The van der Waals surface area contributed by atoms with Crippen molar-refractivity contribution in [3.8, 4) is 0 Å². The zero-order valence-electron chi connectivity index (χ0n) is 11.3. The fourth-order valence-electron chi connectivity index (χ4n) is 1.64. The van der Waals surface area contributed by atoms with Crippen LogP contribution in [0.15, 0.2) is 22.7 Å². The van der Waals surface area contributed by atoms with E-state index in [9.17, 15) is 8.42 Å². The van der Waals surface area contributed by atoms with Crippen LogP contribution in [0.1, 0.15) is 17.6 Å². The van der Waals surface area contributed by atoms with E-state index in [2.05, 4.69) is 20.1 Å². The molecule has 0 aliphatic carbocycles. The van der Waals surface area contributed by atoms with Gasteiger partial charge in [-0.2, -0.15) is 5.10 Å². The van der Waals surface area contributed by atoms with E-state index in [1.807, 2.05) is 6.92 Å². The van der Waals surface area contributed by atoms with Crippen molar-refractivity contribution in [1.29, 1.82) is 0 Å². The van der Waals surface area contributed by atoms with Crippen molar-refractivity contribution in [2.45, 2.75) is 24.9 Å². The minimum absolute atomic E-state index is 0.0830. The Morgan fingerprint density at radius 2 is 2.20 bits per heavy atom. The van der Waals surface area contributed by atoms with E-state index in [0.29, 0.717) is 17.3 Å². The SMILES string of the molecule is CCNCc1sccc1S(=O)(=O)NCc1ncn(C)n1. The molecule has 2 heterocycles. The standard InChI is InChI=1S/C11H17N5O2S2/c1-3-12-6-9-10(4-5-19-9)20(17,18)14-7-11-13-8-16(2)15-11/h4-5,8,12,14H,3,6-7H2,1-2H3. The largest absolute Gasteiger partial charge is 0.312 e. The number of hydrogen-bond acceptors (Lipinski definition) is 6. The third-order valence-corrected chi connectivity index (χ3v) is 5.13. The Morgan fingerprint density at radius 3 is 2.85 bits per heavy atom. The van der Waals surface area contributed by atoms with E-state index in [1.165, 1.54) is 22.3 Å². The predicted molar refractivity (Wildman–Crippen MR) is 76.7 cm³/mol. The maximum Gasteiger partial charge on any atom is 0.242 e. The minimum atomic E-state index is -3.54. The van der Waals surface area contributed by atoms with Crippen molar-refractivity contribution in [3.63, 3.8) is 0 Å². The quantitative estimate of drug-likeness (QED) is 0.775. The summed E-state index contributed by atoms with van der Waals surface area (Å²) in [5.41, 5.74) is 0. The maximum atomic E-state index is 12.3. The lowest BCUT2D eigenvalue weighted by molar-refractivity contribution is 0.577. The molecule has 9 heteroatoms. The van der Waals surface area contributed by atoms with Crippen LogP contribution in [-0.2, 0) is 30.2 Å². The fourth-order valence-corrected chi connectivity index (χ4v) is 4.03. The molecule has 0 radical (unpaired) electrons. The van der Waals surface area contributed by atoms with Crippen molar-refractivity contribution >= 4 is 21.4 Å². The van der Waals surface area contributed by atoms with Crippen molar-refractivity contribution in [2.75, 3.05) is 6.54 Å². The Bertz CT molecular complexity index is 662. The van der Waals surface area contributed by atoms with Gasteiger partial charge in [-0.05, 0) is 18.0 Å². The summed E-state index contributed by atoms with van der Waals surface area (Å²) >= 11 is 1.43. The third kappa shape index (κ3) is 3.63. The molecule has 2 aromatic heterocycles. The smallest absolute Gasteiger partial charge is 0.242 e. The molecule has 2 rings (SSSR count). The number of hydrogen-bond donors (Lipinski definition) is 2. The van der Waals surface area contributed by atoms with Crippen LogP contribution in [0.4, 0.5) is 0 Å². The van der Waals surface area contributed by atoms with Gasteiger partial charge in [-0.3, -0.25) is 4.68 Å². The van der Waals surface area contributed by atoms with Gasteiger partial charge in [-0.15, -0.1) is 11.3 Å². The van der Waals surface area contributed by atoms with E-state index in [1.54, 1.807) is 18.5 Å². The number of aryl methyl sites for hydroxylation is 1. The first-order chi connectivity index (χ1) is 9.53. The molecular formula is C11H17N5O2S2. The second-order valence-electron chi connectivity index (χ2n) is 4.15. The zero-order chi connectivity index (χ0) is 14.6. The Labute approximate surface area is 122 Å². The molecule has 0 amide bonds. The summed E-state index contributed by atoms with van der Waals surface area (Å²) in [6, 6.07) is 1.62. The average Bonchev–Trinajstić information content (AvgIpc) is 3.03. The van der Waals surface area contributed by atoms with Gasteiger partial charge in [0.05, 0.1) is 11.4 Å². The molecule has 2 N–H and O–H groups in total. The summed E-state index contributed by atoms with van der Waals surface area (Å²) in [6.07, 6.45) is 1.53.